The van der Waals surface area contributed by atoms with Crippen LogP contribution in [0.1, 0.15) is 25.8 Å². The van der Waals surface area contributed by atoms with Gasteiger partial charge in [0.05, 0.1) is 6.04 Å². The zero-order valence-corrected chi connectivity index (χ0v) is 13.8. The van der Waals surface area contributed by atoms with Gasteiger partial charge in [0.15, 0.2) is 0 Å². The molecule has 0 radical (unpaired) electrons. The molecule has 23 heavy (non-hydrogen) atoms. The van der Waals surface area contributed by atoms with Crippen molar-refractivity contribution in [3.63, 3.8) is 0 Å². The molecular weight excluding hydrogens is 286 g/mol. The molecule has 1 saturated heterocycles. The number of likely N-dealkylation sites (tertiary alicyclic amines) is 1. The van der Waals surface area contributed by atoms with Gasteiger partial charge in [0.2, 0.25) is 5.91 Å². The molecule has 122 valence electrons. The molecule has 0 aromatic heterocycles. The molecule has 0 unspecified atom stereocenters. The Kier molecular flexibility index (Phi) is 4.64. The lowest BCUT2D eigenvalue weighted by Gasteiger charge is -2.24. The van der Waals surface area contributed by atoms with Crippen molar-refractivity contribution in [2.75, 3.05) is 6.54 Å². The SMILES string of the molecule is CC(C)NC(=O)[C@@H]1C[C@@H](N)CN1Cc1ccc2ccccc2c1. The zero-order valence-electron chi connectivity index (χ0n) is 13.8. The average Bonchev–Trinajstić information content (AvgIpc) is 2.87. The van der Waals surface area contributed by atoms with Crippen molar-refractivity contribution in [2.45, 2.75) is 44.9 Å². The summed E-state index contributed by atoms with van der Waals surface area (Å²) in [5.41, 5.74) is 7.33. The van der Waals surface area contributed by atoms with Crippen LogP contribution in [-0.2, 0) is 11.3 Å². The fraction of sp³-hybridized carbons (Fsp3) is 0.421. The van der Waals surface area contributed by atoms with E-state index in [0.29, 0.717) is 0 Å². The highest BCUT2D eigenvalue weighted by Crippen LogP contribution is 2.22. The highest BCUT2D eigenvalue weighted by Gasteiger charge is 2.35. The molecule has 3 N–H and O–H groups in total. The van der Waals surface area contributed by atoms with E-state index in [1.54, 1.807) is 0 Å². The maximum Gasteiger partial charge on any atom is 0.237 e. The van der Waals surface area contributed by atoms with Gasteiger partial charge in [-0.2, -0.15) is 0 Å². The van der Waals surface area contributed by atoms with Crippen molar-refractivity contribution in [1.82, 2.24) is 10.2 Å². The van der Waals surface area contributed by atoms with E-state index < -0.39 is 0 Å². The molecule has 0 bridgehead atoms. The van der Waals surface area contributed by atoms with E-state index in [4.69, 9.17) is 5.73 Å². The van der Waals surface area contributed by atoms with Gasteiger partial charge in [-0.3, -0.25) is 9.69 Å². The number of carbonyl (C=O) groups excluding carboxylic acids is 1. The van der Waals surface area contributed by atoms with Crippen molar-refractivity contribution in [3.05, 3.63) is 48.0 Å². The Balaban J connectivity index is 1.77. The molecule has 0 spiro atoms. The van der Waals surface area contributed by atoms with Crippen molar-refractivity contribution in [1.29, 1.82) is 0 Å². The van der Waals surface area contributed by atoms with Crippen LogP contribution in [0, 0.1) is 0 Å². The van der Waals surface area contributed by atoms with Gasteiger partial charge in [0.25, 0.3) is 0 Å². The Morgan fingerprint density at radius 2 is 2.00 bits per heavy atom. The number of nitrogens with zero attached hydrogens (tertiary/aromatic N) is 1. The molecule has 2 atom stereocenters. The predicted octanol–water partition coefficient (Wildman–Crippen LogP) is 2.27. The van der Waals surface area contributed by atoms with Gasteiger partial charge >= 0.3 is 0 Å². The minimum Gasteiger partial charge on any atom is -0.353 e. The first kappa shape index (κ1) is 16.0. The molecule has 1 heterocycles. The Labute approximate surface area is 137 Å². The number of hydrogen-bond acceptors (Lipinski definition) is 3. The van der Waals surface area contributed by atoms with E-state index in [-0.39, 0.29) is 24.0 Å². The number of amides is 1. The largest absolute Gasteiger partial charge is 0.353 e. The van der Waals surface area contributed by atoms with Crippen LogP contribution in [0.5, 0.6) is 0 Å². The third-order valence-corrected chi connectivity index (χ3v) is 4.37. The smallest absolute Gasteiger partial charge is 0.237 e. The van der Waals surface area contributed by atoms with Gasteiger partial charge in [0.1, 0.15) is 0 Å². The normalized spacial score (nSPS) is 21.9. The molecule has 3 rings (SSSR count). The van der Waals surface area contributed by atoms with E-state index in [0.717, 1.165) is 19.5 Å². The lowest BCUT2D eigenvalue weighted by Crippen LogP contribution is -2.45. The van der Waals surface area contributed by atoms with Gasteiger partial charge in [0, 0.05) is 25.2 Å². The van der Waals surface area contributed by atoms with Gasteiger partial charge in [-0.25, -0.2) is 0 Å². The lowest BCUT2D eigenvalue weighted by molar-refractivity contribution is -0.126. The van der Waals surface area contributed by atoms with Gasteiger partial charge in [-0.15, -0.1) is 0 Å². The summed E-state index contributed by atoms with van der Waals surface area (Å²) >= 11 is 0. The number of benzene rings is 2. The standard InChI is InChI=1S/C19H25N3O/c1-13(2)21-19(23)18-10-17(20)12-22(18)11-14-7-8-15-5-3-4-6-16(15)9-14/h3-9,13,17-18H,10-12,20H2,1-2H3,(H,21,23)/t17-,18+/m1/s1. The van der Waals surface area contributed by atoms with E-state index in [1.807, 2.05) is 19.9 Å². The quantitative estimate of drug-likeness (QED) is 0.910. The monoisotopic (exact) mass is 311 g/mol. The van der Waals surface area contributed by atoms with Crippen LogP contribution >= 0.6 is 0 Å². The van der Waals surface area contributed by atoms with Crippen LogP contribution in [-0.4, -0.2) is 35.5 Å². The number of fused-ring (bicyclic) bond motifs is 1. The lowest BCUT2D eigenvalue weighted by atomic mass is 10.1. The maximum atomic E-state index is 12.4. The second-order valence-electron chi connectivity index (χ2n) is 6.79. The minimum absolute atomic E-state index is 0.0679. The minimum atomic E-state index is -0.126. The second kappa shape index (κ2) is 6.69. The highest BCUT2D eigenvalue weighted by molar-refractivity contribution is 5.83. The highest BCUT2D eigenvalue weighted by atomic mass is 16.2. The fourth-order valence-corrected chi connectivity index (χ4v) is 3.34. The molecule has 0 aliphatic carbocycles. The van der Waals surface area contributed by atoms with Crippen molar-refractivity contribution in [2.24, 2.45) is 5.73 Å². The van der Waals surface area contributed by atoms with Crippen molar-refractivity contribution in [3.8, 4) is 0 Å². The first-order chi connectivity index (χ1) is 11.0. The molecular formula is C19H25N3O. The van der Waals surface area contributed by atoms with E-state index in [2.05, 4.69) is 46.6 Å². The summed E-state index contributed by atoms with van der Waals surface area (Å²) in [5, 5.41) is 5.49. The summed E-state index contributed by atoms with van der Waals surface area (Å²) in [7, 11) is 0. The average molecular weight is 311 g/mol. The summed E-state index contributed by atoms with van der Waals surface area (Å²) in [5.74, 6) is 0.0914. The molecule has 1 fully saturated rings. The number of hydrogen-bond donors (Lipinski definition) is 2. The molecule has 2 aromatic carbocycles. The van der Waals surface area contributed by atoms with E-state index in [9.17, 15) is 4.79 Å². The Bertz CT molecular complexity index is 698. The van der Waals surface area contributed by atoms with Gasteiger partial charge in [-0.05, 0) is 42.7 Å². The number of carbonyl (C=O) groups is 1. The molecule has 4 nitrogen and oxygen atoms in total. The van der Waals surface area contributed by atoms with Crippen LogP contribution in [0.3, 0.4) is 0 Å². The summed E-state index contributed by atoms with van der Waals surface area (Å²) in [6, 6.07) is 14.9. The van der Waals surface area contributed by atoms with Crippen LogP contribution in [0.15, 0.2) is 42.5 Å². The molecule has 1 amide bonds. The van der Waals surface area contributed by atoms with E-state index in [1.165, 1.54) is 16.3 Å². The third kappa shape index (κ3) is 3.71. The van der Waals surface area contributed by atoms with Crippen LogP contribution in [0.4, 0.5) is 0 Å². The van der Waals surface area contributed by atoms with Gasteiger partial charge < -0.3 is 11.1 Å². The summed E-state index contributed by atoms with van der Waals surface area (Å²) < 4.78 is 0. The van der Waals surface area contributed by atoms with Crippen LogP contribution in [0.2, 0.25) is 0 Å². The summed E-state index contributed by atoms with van der Waals surface area (Å²) in [6.45, 7) is 5.50. The number of nitrogens with two attached hydrogens (primary N) is 1. The number of nitrogens with one attached hydrogen (secondary N) is 1. The first-order valence-electron chi connectivity index (χ1n) is 8.30. The Morgan fingerprint density at radius 1 is 1.26 bits per heavy atom. The molecule has 1 aliphatic heterocycles. The van der Waals surface area contributed by atoms with E-state index >= 15 is 0 Å². The topological polar surface area (TPSA) is 58.4 Å². The summed E-state index contributed by atoms with van der Waals surface area (Å²) in [4.78, 5) is 14.6. The maximum absolute atomic E-state index is 12.4. The Hall–Kier alpha value is -1.91. The molecule has 0 saturated carbocycles. The molecule has 4 heteroatoms. The predicted molar refractivity (Wildman–Crippen MR) is 94.0 cm³/mol. The third-order valence-electron chi connectivity index (χ3n) is 4.37. The fourth-order valence-electron chi connectivity index (χ4n) is 3.34. The van der Waals surface area contributed by atoms with Crippen LogP contribution in [0.25, 0.3) is 10.8 Å². The number of rotatable bonds is 4. The molecule has 2 aromatic rings. The first-order valence-corrected chi connectivity index (χ1v) is 8.30. The zero-order chi connectivity index (χ0) is 16.4. The van der Waals surface area contributed by atoms with Crippen LogP contribution < -0.4 is 11.1 Å². The summed E-state index contributed by atoms with van der Waals surface area (Å²) in [6.07, 6.45) is 0.728. The molecule has 1 aliphatic rings. The second-order valence-corrected chi connectivity index (χ2v) is 6.79. The van der Waals surface area contributed by atoms with Gasteiger partial charge in [-0.1, -0.05) is 36.4 Å². The van der Waals surface area contributed by atoms with Crippen molar-refractivity contribution < 1.29 is 4.79 Å². The Morgan fingerprint density at radius 3 is 2.74 bits per heavy atom. The van der Waals surface area contributed by atoms with Crippen molar-refractivity contribution >= 4 is 16.7 Å².